The van der Waals surface area contributed by atoms with Crippen molar-refractivity contribution in [1.82, 2.24) is 9.47 Å². The highest BCUT2D eigenvalue weighted by atomic mass is 16.5. The molecule has 1 unspecified atom stereocenters. The average Bonchev–Trinajstić information content (AvgIpc) is 3.31. The number of nitrogens with zero attached hydrogens (tertiary/aromatic N) is 3. The SMILES string of the molecule is Cc1cc(/C=C(\C#N)C(=O)N2CC[C@H](O)C2)c(C)n1CC1CCCO1. The maximum absolute atomic E-state index is 12.5. The Labute approximate surface area is 148 Å². The van der Waals surface area contributed by atoms with Crippen molar-refractivity contribution in [2.75, 3.05) is 19.7 Å². The van der Waals surface area contributed by atoms with Gasteiger partial charge in [0.15, 0.2) is 0 Å². The Morgan fingerprint density at radius 1 is 1.48 bits per heavy atom. The maximum Gasteiger partial charge on any atom is 0.264 e. The highest BCUT2D eigenvalue weighted by Crippen LogP contribution is 2.23. The van der Waals surface area contributed by atoms with Gasteiger partial charge in [0.25, 0.3) is 5.91 Å². The number of carbonyl (C=O) groups excluding carboxylic acids is 1. The minimum Gasteiger partial charge on any atom is -0.391 e. The lowest BCUT2D eigenvalue weighted by molar-refractivity contribution is -0.125. The van der Waals surface area contributed by atoms with Gasteiger partial charge in [-0.25, -0.2) is 0 Å². The van der Waals surface area contributed by atoms with Gasteiger partial charge < -0.3 is 19.3 Å². The zero-order chi connectivity index (χ0) is 18.0. The number of likely N-dealkylation sites (tertiary alicyclic amines) is 1. The van der Waals surface area contributed by atoms with Crippen LogP contribution >= 0.6 is 0 Å². The van der Waals surface area contributed by atoms with E-state index in [1.165, 1.54) is 0 Å². The third-order valence-electron chi connectivity index (χ3n) is 5.12. The largest absolute Gasteiger partial charge is 0.391 e. The fourth-order valence-corrected chi connectivity index (χ4v) is 3.64. The molecule has 2 saturated heterocycles. The van der Waals surface area contributed by atoms with E-state index in [2.05, 4.69) is 4.57 Å². The van der Waals surface area contributed by atoms with Gasteiger partial charge in [-0.3, -0.25) is 4.79 Å². The molecule has 2 atom stereocenters. The molecule has 25 heavy (non-hydrogen) atoms. The Morgan fingerprint density at radius 3 is 2.88 bits per heavy atom. The summed E-state index contributed by atoms with van der Waals surface area (Å²) in [5.74, 6) is -0.303. The van der Waals surface area contributed by atoms with E-state index in [0.717, 1.165) is 42.9 Å². The van der Waals surface area contributed by atoms with Crippen LogP contribution in [-0.2, 0) is 16.1 Å². The van der Waals surface area contributed by atoms with Gasteiger partial charge in [0, 0.05) is 37.6 Å². The van der Waals surface area contributed by atoms with Crippen LogP contribution in [0, 0.1) is 25.2 Å². The van der Waals surface area contributed by atoms with E-state index in [1.54, 1.807) is 11.0 Å². The summed E-state index contributed by atoms with van der Waals surface area (Å²) in [5, 5.41) is 19.0. The summed E-state index contributed by atoms with van der Waals surface area (Å²) in [4.78, 5) is 14.1. The summed E-state index contributed by atoms with van der Waals surface area (Å²) in [6.45, 7) is 6.47. The number of rotatable bonds is 4. The molecule has 1 amide bonds. The summed E-state index contributed by atoms with van der Waals surface area (Å²) in [6, 6.07) is 4.03. The Morgan fingerprint density at radius 2 is 2.28 bits per heavy atom. The summed E-state index contributed by atoms with van der Waals surface area (Å²) in [5.41, 5.74) is 3.14. The van der Waals surface area contributed by atoms with Gasteiger partial charge in [0.2, 0.25) is 0 Å². The second-order valence-corrected chi connectivity index (χ2v) is 6.94. The van der Waals surface area contributed by atoms with Crippen molar-refractivity contribution in [3.8, 4) is 6.07 Å². The van der Waals surface area contributed by atoms with E-state index in [4.69, 9.17) is 4.74 Å². The van der Waals surface area contributed by atoms with E-state index in [-0.39, 0.29) is 17.6 Å². The molecule has 0 saturated carbocycles. The van der Waals surface area contributed by atoms with Gasteiger partial charge in [-0.2, -0.15) is 5.26 Å². The number of aliphatic hydroxyl groups excluding tert-OH is 1. The topological polar surface area (TPSA) is 78.5 Å². The molecule has 0 aromatic carbocycles. The molecule has 1 aromatic rings. The van der Waals surface area contributed by atoms with E-state index in [0.29, 0.717) is 19.5 Å². The Kier molecular flexibility index (Phi) is 5.26. The molecule has 3 heterocycles. The van der Waals surface area contributed by atoms with Crippen molar-refractivity contribution in [2.24, 2.45) is 0 Å². The molecule has 0 aliphatic carbocycles. The number of nitriles is 1. The molecule has 2 aliphatic heterocycles. The predicted octanol–water partition coefficient (Wildman–Crippen LogP) is 1.78. The number of hydrogen-bond donors (Lipinski definition) is 1. The average molecular weight is 343 g/mol. The number of β-amino-alcohol motifs (C(OH)–C–C–N with tert-alkyl or cyclic N) is 1. The van der Waals surface area contributed by atoms with Crippen LogP contribution in [0.25, 0.3) is 6.08 Å². The number of carbonyl (C=O) groups is 1. The van der Waals surface area contributed by atoms with Crippen LogP contribution < -0.4 is 0 Å². The van der Waals surface area contributed by atoms with E-state index >= 15 is 0 Å². The third-order valence-corrected chi connectivity index (χ3v) is 5.12. The standard InChI is InChI=1S/C19H25N3O3/c1-13-8-15(14(2)22(13)12-18-4-3-7-25-18)9-16(10-20)19(24)21-6-5-17(23)11-21/h8-9,17-18,23H,3-7,11-12H2,1-2H3/b16-9+/t17-,18?/m0/s1. The van der Waals surface area contributed by atoms with Crippen LogP contribution in [0.1, 0.15) is 36.2 Å². The number of aromatic nitrogens is 1. The molecule has 2 fully saturated rings. The van der Waals surface area contributed by atoms with Gasteiger partial charge in [-0.1, -0.05) is 0 Å². The van der Waals surface area contributed by atoms with Crippen LogP contribution in [0.4, 0.5) is 0 Å². The van der Waals surface area contributed by atoms with E-state index in [9.17, 15) is 15.2 Å². The summed E-state index contributed by atoms with van der Waals surface area (Å²) < 4.78 is 7.92. The first-order valence-corrected chi connectivity index (χ1v) is 8.87. The smallest absolute Gasteiger partial charge is 0.264 e. The number of aryl methyl sites for hydroxylation is 1. The van der Waals surface area contributed by atoms with Crippen molar-refractivity contribution in [2.45, 2.75) is 51.9 Å². The quantitative estimate of drug-likeness (QED) is 0.668. The van der Waals surface area contributed by atoms with Crippen LogP contribution in [0.5, 0.6) is 0 Å². The zero-order valence-electron chi connectivity index (χ0n) is 14.9. The van der Waals surface area contributed by atoms with Crippen molar-refractivity contribution in [1.29, 1.82) is 5.26 Å². The molecule has 1 N–H and O–H groups in total. The number of hydrogen-bond acceptors (Lipinski definition) is 4. The van der Waals surface area contributed by atoms with Crippen molar-refractivity contribution < 1.29 is 14.6 Å². The van der Waals surface area contributed by atoms with Crippen molar-refractivity contribution in [3.63, 3.8) is 0 Å². The zero-order valence-corrected chi connectivity index (χ0v) is 14.9. The summed E-state index contributed by atoms with van der Waals surface area (Å²) >= 11 is 0. The minimum atomic E-state index is -0.486. The lowest BCUT2D eigenvalue weighted by Crippen LogP contribution is -2.30. The highest BCUT2D eigenvalue weighted by Gasteiger charge is 2.27. The second kappa shape index (κ2) is 7.42. The van der Waals surface area contributed by atoms with Crippen molar-refractivity contribution in [3.05, 3.63) is 28.6 Å². The third kappa shape index (κ3) is 3.78. The second-order valence-electron chi connectivity index (χ2n) is 6.94. The van der Waals surface area contributed by atoms with Gasteiger partial charge in [0.1, 0.15) is 11.6 Å². The molecule has 2 aliphatic rings. The van der Waals surface area contributed by atoms with Crippen LogP contribution in [0.15, 0.2) is 11.6 Å². The molecule has 3 rings (SSSR count). The molecular formula is C19H25N3O3. The van der Waals surface area contributed by atoms with E-state index < -0.39 is 6.10 Å². The lowest BCUT2D eigenvalue weighted by atomic mass is 10.1. The van der Waals surface area contributed by atoms with Gasteiger partial charge in [0.05, 0.1) is 12.2 Å². The minimum absolute atomic E-state index is 0.117. The predicted molar refractivity (Wildman–Crippen MR) is 93.7 cm³/mol. The highest BCUT2D eigenvalue weighted by molar-refractivity contribution is 6.02. The van der Waals surface area contributed by atoms with Crippen LogP contribution in [-0.4, -0.2) is 52.4 Å². The number of amides is 1. The van der Waals surface area contributed by atoms with Crippen LogP contribution in [0.3, 0.4) is 0 Å². The molecule has 0 bridgehead atoms. The first kappa shape index (κ1) is 17.7. The van der Waals surface area contributed by atoms with E-state index in [1.807, 2.05) is 26.0 Å². The lowest BCUT2D eigenvalue weighted by Gasteiger charge is -2.15. The number of ether oxygens (including phenoxy) is 1. The Balaban J connectivity index is 1.81. The molecule has 6 nitrogen and oxygen atoms in total. The normalized spacial score (nSPS) is 23.9. The summed E-state index contributed by atoms with van der Waals surface area (Å²) in [6.07, 6.45) is 4.17. The van der Waals surface area contributed by atoms with Gasteiger partial charge in [-0.15, -0.1) is 0 Å². The Bertz CT molecular complexity index is 723. The molecule has 0 radical (unpaired) electrons. The van der Waals surface area contributed by atoms with Crippen molar-refractivity contribution >= 4 is 12.0 Å². The molecule has 0 spiro atoms. The maximum atomic E-state index is 12.5. The first-order chi connectivity index (χ1) is 12.0. The summed E-state index contributed by atoms with van der Waals surface area (Å²) in [7, 11) is 0. The van der Waals surface area contributed by atoms with Gasteiger partial charge in [-0.05, 0) is 50.8 Å². The molecule has 1 aromatic heterocycles. The fourth-order valence-electron chi connectivity index (χ4n) is 3.64. The van der Waals surface area contributed by atoms with Crippen LogP contribution in [0.2, 0.25) is 0 Å². The van der Waals surface area contributed by atoms with Gasteiger partial charge >= 0.3 is 0 Å². The first-order valence-electron chi connectivity index (χ1n) is 8.87. The monoisotopic (exact) mass is 343 g/mol. The molecule has 134 valence electrons. The molecular weight excluding hydrogens is 318 g/mol. The Hall–Kier alpha value is -2.10. The fraction of sp³-hybridized carbons (Fsp3) is 0.579. The molecule has 6 heteroatoms. The number of aliphatic hydroxyl groups is 1.